The molecule has 0 aliphatic carbocycles. The Morgan fingerprint density at radius 2 is 2.00 bits per heavy atom. The predicted octanol–water partition coefficient (Wildman–Crippen LogP) is 4.35. The molecule has 2 aromatic carbocycles. The molecule has 3 N–H and O–H groups in total. The molecule has 0 aliphatic heterocycles. The third-order valence-corrected chi connectivity index (χ3v) is 5.24. The summed E-state index contributed by atoms with van der Waals surface area (Å²) in [6.45, 7) is 3.84. The highest BCUT2D eigenvalue weighted by atomic mass is 19.1. The molecule has 0 fully saturated rings. The highest BCUT2D eigenvalue weighted by Crippen LogP contribution is 2.34. The molecule has 0 bridgehead atoms. The summed E-state index contributed by atoms with van der Waals surface area (Å²) in [5.41, 5.74) is 2.66. The van der Waals surface area contributed by atoms with Gasteiger partial charge in [-0.15, -0.1) is 0 Å². The molecule has 0 radical (unpaired) electrons. The molecule has 0 atom stereocenters. The lowest BCUT2D eigenvalue weighted by Gasteiger charge is -2.15. The first-order chi connectivity index (χ1) is 16.0. The van der Waals surface area contributed by atoms with Crippen molar-refractivity contribution in [3.8, 4) is 5.75 Å². The third kappa shape index (κ3) is 5.19. The van der Waals surface area contributed by atoms with E-state index < -0.39 is 11.7 Å². The van der Waals surface area contributed by atoms with Gasteiger partial charge in [-0.2, -0.15) is 0 Å². The normalized spacial score (nSPS) is 11.0. The van der Waals surface area contributed by atoms with Crippen LogP contribution in [0.4, 0.5) is 10.1 Å². The number of benzene rings is 2. The maximum absolute atomic E-state index is 13.2. The lowest BCUT2D eigenvalue weighted by molar-refractivity contribution is 0.0961. The van der Waals surface area contributed by atoms with E-state index in [0.29, 0.717) is 29.2 Å². The summed E-state index contributed by atoms with van der Waals surface area (Å²) in [6, 6.07) is 14.7. The quantitative estimate of drug-likeness (QED) is 0.171. The van der Waals surface area contributed by atoms with Gasteiger partial charge in [-0.05, 0) is 67.9 Å². The van der Waals surface area contributed by atoms with Crippen molar-refractivity contribution in [1.29, 1.82) is 0 Å². The molecule has 4 rings (SSSR count). The average Bonchev–Trinajstić information content (AvgIpc) is 3.18. The van der Waals surface area contributed by atoms with Crippen LogP contribution >= 0.6 is 0 Å². The number of aromatic nitrogens is 1. The molecule has 0 saturated carbocycles. The van der Waals surface area contributed by atoms with Gasteiger partial charge in [0.25, 0.3) is 0 Å². The van der Waals surface area contributed by atoms with Crippen molar-refractivity contribution in [2.24, 2.45) is 5.84 Å². The SMILES string of the molecule is Cc1c(C(=O)N(N)c2ccc(F)cc2)oc2cccc(OCCCNCc3cccnc3)c12. The summed E-state index contributed by atoms with van der Waals surface area (Å²) in [4.78, 5) is 17.0. The first-order valence-electron chi connectivity index (χ1n) is 10.6. The molecule has 33 heavy (non-hydrogen) atoms. The fraction of sp³-hybridized carbons (Fsp3) is 0.200. The minimum Gasteiger partial charge on any atom is -0.493 e. The van der Waals surface area contributed by atoms with E-state index in [9.17, 15) is 9.18 Å². The fourth-order valence-corrected chi connectivity index (χ4v) is 3.53. The van der Waals surface area contributed by atoms with E-state index in [0.717, 1.165) is 35.5 Å². The molecule has 2 heterocycles. The number of furan rings is 1. The fourth-order valence-electron chi connectivity index (χ4n) is 3.53. The lowest BCUT2D eigenvalue weighted by Crippen LogP contribution is -2.37. The lowest BCUT2D eigenvalue weighted by atomic mass is 10.1. The third-order valence-electron chi connectivity index (χ3n) is 5.24. The van der Waals surface area contributed by atoms with Crippen molar-refractivity contribution >= 4 is 22.6 Å². The molecular formula is C25H25FN4O3. The highest BCUT2D eigenvalue weighted by molar-refractivity contribution is 6.08. The summed E-state index contributed by atoms with van der Waals surface area (Å²) in [5, 5.41) is 5.04. The van der Waals surface area contributed by atoms with Crippen molar-refractivity contribution in [1.82, 2.24) is 10.3 Å². The maximum atomic E-state index is 13.2. The summed E-state index contributed by atoms with van der Waals surface area (Å²) < 4.78 is 25.0. The summed E-state index contributed by atoms with van der Waals surface area (Å²) in [7, 11) is 0. The number of rotatable bonds is 9. The molecule has 170 valence electrons. The number of fused-ring (bicyclic) bond motifs is 1. The number of nitrogens with one attached hydrogen (secondary N) is 1. The van der Waals surface area contributed by atoms with Crippen molar-refractivity contribution < 1.29 is 18.3 Å². The molecule has 8 heteroatoms. The largest absolute Gasteiger partial charge is 0.493 e. The standard InChI is InChI=1S/C25H25FN4O3/c1-17-23-21(32-14-4-13-29-16-18-5-3-12-28-15-18)6-2-7-22(23)33-24(17)25(31)30(27)20-10-8-19(26)9-11-20/h2-3,5-12,15,29H,4,13-14,16,27H2,1H3. The number of nitrogens with zero attached hydrogens (tertiary/aromatic N) is 2. The number of aryl methyl sites for hydroxylation is 1. The first-order valence-corrected chi connectivity index (χ1v) is 10.6. The number of halogens is 1. The average molecular weight is 448 g/mol. The number of carbonyl (C=O) groups is 1. The number of anilines is 1. The second-order valence-electron chi connectivity index (χ2n) is 7.58. The number of ether oxygens (including phenoxy) is 1. The number of amides is 1. The zero-order chi connectivity index (χ0) is 23.2. The van der Waals surface area contributed by atoms with Gasteiger partial charge in [-0.25, -0.2) is 15.2 Å². The highest BCUT2D eigenvalue weighted by Gasteiger charge is 2.24. The Morgan fingerprint density at radius 3 is 2.76 bits per heavy atom. The van der Waals surface area contributed by atoms with Crippen LogP contribution in [-0.2, 0) is 6.54 Å². The number of hydrogen-bond acceptors (Lipinski definition) is 6. The van der Waals surface area contributed by atoms with Crippen molar-refractivity contribution in [3.05, 3.63) is 89.7 Å². The van der Waals surface area contributed by atoms with E-state index in [4.69, 9.17) is 15.0 Å². The second-order valence-corrected chi connectivity index (χ2v) is 7.58. The van der Waals surface area contributed by atoms with Gasteiger partial charge in [0.1, 0.15) is 17.1 Å². The van der Waals surface area contributed by atoms with Crippen LogP contribution in [0.3, 0.4) is 0 Å². The number of carbonyl (C=O) groups excluding carboxylic acids is 1. The van der Waals surface area contributed by atoms with Gasteiger partial charge in [0.2, 0.25) is 0 Å². The zero-order valence-corrected chi connectivity index (χ0v) is 18.3. The first kappa shape index (κ1) is 22.4. The number of nitrogens with two attached hydrogens (primary N) is 1. The summed E-state index contributed by atoms with van der Waals surface area (Å²) >= 11 is 0. The number of hydrogen-bond donors (Lipinski definition) is 2. The zero-order valence-electron chi connectivity index (χ0n) is 18.3. The molecule has 1 amide bonds. The van der Waals surface area contributed by atoms with Gasteiger partial charge in [-0.1, -0.05) is 12.1 Å². The van der Waals surface area contributed by atoms with Crippen molar-refractivity contribution in [2.75, 3.05) is 18.2 Å². The van der Waals surface area contributed by atoms with Gasteiger partial charge < -0.3 is 14.5 Å². The van der Waals surface area contributed by atoms with Crippen LogP contribution in [0.25, 0.3) is 11.0 Å². The topological polar surface area (TPSA) is 93.6 Å². The molecule has 2 aromatic heterocycles. The Bertz CT molecular complexity index is 1230. The molecule has 0 spiro atoms. The van der Waals surface area contributed by atoms with Crippen LogP contribution < -0.4 is 20.9 Å². The smallest absolute Gasteiger partial charge is 0.308 e. The minimum atomic E-state index is -0.527. The van der Waals surface area contributed by atoms with Gasteiger partial charge in [-0.3, -0.25) is 9.78 Å². The van der Waals surface area contributed by atoms with Crippen LogP contribution in [0, 0.1) is 12.7 Å². The van der Waals surface area contributed by atoms with E-state index in [2.05, 4.69) is 10.3 Å². The number of pyridine rings is 1. The van der Waals surface area contributed by atoms with E-state index >= 15 is 0 Å². The molecule has 7 nitrogen and oxygen atoms in total. The van der Waals surface area contributed by atoms with Crippen LogP contribution in [0.5, 0.6) is 5.75 Å². The van der Waals surface area contributed by atoms with E-state index in [-0.39, 0.29) is 5.76 Å². The molecule has 0 saturated heterocycles. The van der Waals surface area contributed by atoms with Crippen LogP contribution in [0.2, 0.25) is 0 Å². The van der Waals surface area contributed by atoms with Crippen LogP contribution in [0.15, 0.2) is 71.4 Å². The van der Waals surface area contributed by atoms with Gasteiger partial charge in [0.05, 0.1) is 17.7 Å². The second kappa shape index (κ2) is 10.2. The van der Waals surface area contributed by atoms with E-state index in [1.54, 1.807) is 19.2 Å². The van der Waals surface area contributed by atoms with Crippen molar-refractivity contribution in [2.45, 2.75) is 19.9 Å². The van der Waals surface area contributed by atoms with Crippen LogP contribution in [-0.4, -0.2) is 24.0 Å². The predicted molar refractivity (Wildman–Crippen MR) is 124 cm³/mol. The monoisotopic (exact) mass is 448 g/mol. The Morgan fingerprint density at radius 1 is 1.18 bits per heavy atom. The Labute approximate surface area is 190 Å². The Hall–Kier alpha value is -3.75. The van der Waals surface area contributed by atoms with Gasteiger partial charge in [0, 0.05) is 24.5 Å². The van der Waals surface area contributed by atoms with E-state index in [1.807, 2.05) is 30.5 Å². The summed E-state index contributed by atoms with van der Waals surface area (Å²) in [5.74, 6) is 5.80. The molecule has 0 unspecified atom stereocenters. The molecular weight excluding hydrogens is 423 g/mol. The van der Waals surface area contributed by atoms with Gasteiger partial charge >= 0.3 is 5.91 Å². The number of hydrazine groups is 1. The Balaban J connectivity index is 1.40. The van der Waals surface area contributed by atoms with Gasteiger partial charge in [0.15, 0.2) is 5.76 Å². The Kier molecular flexibility index (Phi) is 6.97. The minimum absolute atomic E-state index is 0.117. The molecule has 0 aliphatic rings. The van der Waals surface area contributed by atoms with Crippen molar-refractivity contribution in [3.63, 3.8) is 0 Å². The van der Waals surface area contributed by atoms with Crippen LogP contribution in [0.1, 0.15) is 28.1 Å². The summed E-state index contributed by atoms with van der Waals surface area (Å²) in [6.07, 6.45) is 4.40. The molecule has 4 aromatic rings. The van der Waals surface area contributed by atoms with E-state index in [1.165, 1.54) is 24.3 Å². The maximum Gasteiger partial charge on any atom is 0.308 e.